The smallest absolute Gasteiger partial charge is 0.119 e. The normalized spacial score (nSPS) is 19.5. The minimum atomic E-state index is 0.707. The van der Waals surface area contributed by atoms with Gasteiger partial charge < -0.3 is 10.1 Å². The van der Waals surface area contributed by atoms with Crippen molar-refractivity contribution < 1.29 is 4.74 Å². The van der Waals surface area contributed by atoms with Gasteiger partial charge in [-0.3, -0.25) is 4.98 Å². The van der Waals surface area contributed by atoms with Crippen molar-refractivity contribution >= 4 is 10.8 Å². The summed E-state index contributed by atoms with van der Waals surface area (Å²) in [6.45, 7) is 2.27. The lowest BCUT2D eigenvalue weighted by Gasteiger charge is -2.22. The Morgan fingerprint density at radius 1 is 1.37 bits per heavy atom. The van der Waals surface area contributed by atoms with E-state index in [0.29, 0.717) is 5.92 Å². The molecule has 1 N–H and O–H groups in total. The van der Waals surface area contributed by atoms with Crippen LogP contribution in [0.5, 0.6) is 5.75 Å². The van der Waals surface area contributed by atoms with Crippen molar-refractivity contribution in [3.05, 3.63) is 36.2 Å². The highest BCUT2D eigenvalue weighted by Crippen LogP contribution is 2.25. The van der Waals surface area contributed by atoms with Gasteiger partial charge in [-0.25, -0.2) is 0 Å². The van der Waals surface area contributed by atoms with Crippen molar-refractivity contribution in [1.29, 1.82) is 0 Å². The number of nitrogens with one attached hydrogen (secondary N) is 1. The van der Waals surface area contributed by atoms with Gasteiger partial charge in [0.2, 0.25) is 0 Å². The molecule has 1 atom stereocenters. The Hall–Kier alpha value is -1.61. The highest BCUT2D eigenvalue weighted by Gasteiger charge is 2.15. The fraction of sp³-hybridized carbons (Fsp3) is 0.438. The molecule has 1 unspecified atom stereocenters. The Balaban J connectivity index is 1.92. The molecule has 1 aromatic carbocycles. The van der Waals surface area contributed by atoms with Gasteiger partial charge in [0, 0.05) is 17.3 Å². The van der Waals surface area contributed by atoms with Crippen LogP contribution in [0.3, 0.4) is 0 Å². The molecule has 2 heterocycles. The lowest BCUT2D eigenvalue weighted by molar-refractivity contribution is 0.374. The van der Waals surface area contributed by atoms with Crippen molar-refractivity contribution in [3.63, 3.8) is 0 Å². The number of nitrogens with zero attached hydrogens (tertiary/aromatic N) is 1. The van der Waals surface area contributed by atoms with Crippen molar-refractivity contribution in [1.82, 2.24) is 10.3 Å². The predicted molar refractivity (Wildman–Crippen MR) is 77.6 cm³/mol. The van der Waals surface area contributed by atoms with E-state index in [1.807, 2.05) is 12.3 Å². The number of hydrogen-bond acceptors (Lipinski definition) is 3. The lowest BCUT2D eigenvalue weighted by Crippen LogP contribution is -2.31. The third-order valence-electron chi connectivity index (χ3n) is 3.94. The molecule has 0 amide bonds. The van der Waals surface area contributed by atoms with Gasteiger partial charge in [0.05, 0.1) is 7.11 Å². The molecule has 0 saturated carbocycles. The van der Waals surface area contributed by atoms with Crippen molar-refractivity contribution in [3.8, 4) is 5.75 Å². The molecular formula is C16H20N2O. The largest absolute Gasteiger partial charge is 0.497 e. The third-order valence-corrected chi connectivity index (χ3v) is 3.94. The number of pyridine rings is 1. The molecule has 1 saturated heterocycles. The third kappa shape index (κ3) is 2.71. The first-order chi connectivity index (χ1) is 9.36. The fourth-order valence-corrected chi connectivity index (χ4v) is 2.87. The molecular weight excluding hydrogens is 236 g/mol. The summed E-state index contributed by atoms with van der Waals surface area (Å²) < 4.78 is 5.33. The molecule has 1 aromatic heterocycles. The summed E-state index contributed by atoms with van der Waals surface area (Å²) in [6.07, 6.45) is 5.55. The van der Waals surface area contributed by atoms with Gasteiger partial charge in [-0.1, -0.05) is 6.07 Å². The summed E-state index contributed by atoms with van der Waals surface area (Å²) in [6, 6.07) is 8.29. The second kappa shape index (κ2) is 5.57. The minimum Gasteiger partial charge on any atom is -0.497 e. The summed E-state index contributed by atoms with van der Waals surface area (Å²) >= 11 is 0. The van der Waals surface area contributed by atoms with Crippen molar-refractivity contribution in [2.45, 2.75) is 19.3 Å². The Labute approximate surface area is 114 Å². The molecule has 3 heteroatoms. The maximum Gasteiger partial charge on any atom is 0.119 e. The summed E-state index contributed by atoms with van der Waals surface area (Å²) in [5.41, 5.74) is 1.20. The van der Waals surface area contributed by atoms with Crippen LogP contribution in [0.15, 0.2) is 30.5 Å². The van der Waals surface area contributed by atoms with E-state index in [-0.39, 0.29) is 0 Å². The van der Waals surface area contributed by atoms with Gasteiger partial charge in [0.1, 0.15) is 5.75 Å². The zero-order chi connectivity index (χ0) is 13.1. The van der Waals surface area contributed by atoms with Crippen molar-refractivity contribution in [2.24, 2.45) is 5.92 Å². The molecule has 0 spiro atoms. The van der Waals surface area contributed by atoms with Crippen LogP contribution in [0.1, 0.15) is 18.5 Å². The Bertz CT molecular complexity index is 562. The van der Waals surface area contributed by atoms with Crippen molar-refractivity contribution in [2.75, 3.05) is 20.2 Å². The van der Waals surface area contributed by atoms with Crippen LogP contribution in [0.2, 0.25) is 0 Å². The molecule has 1 fully saturated rings. The van der Waals surface area contributed by atoms with Crippen LogP contribution in [-0.4, -0.2) is 25.2 Å². The summed E-state index contributed by atoms with van der Waals surface area (Å²) in [7, 11) is 1.71. The average Bonchev–Trinajstić information content (AvgIpc) is 2.48. The first-order valence-corrected chi connectivity index (χ1v) is 6.99. The van der Waals surface area contributed by atoms with E-state index in [9.17, 15) is 0 Å². The van der Waals surface area contributed by atoms with Gasteiger partial charge in [0.25, 0.3) is 0 Å². The minimum absolute atomic E-state index is 0.707. The first-order valence-electron chi connectivity index (χ1n) is 6.99. The monoisotopic (exact) mass is 256 g/mol. The fourth-order valence-electron chi connectivity index (χ4n) is 2.87. The van der Waals surface area contributed by atoms with E-state index >= 15 is 0 Å². The van der Waals surface area contributed by atoms with E-state index in [1.165, 1.54) is 29.3 Å². The number of methoxy groups -OCH3 is 1. The molecule has 0 radical (unpaired) electrons. The maximum atomic E-state index is 5.33. The summed E-state index contributed by atoms with van der Waals surface area (Å²) in [5.74, 6) is 1.61. The zero-order valence-electron chi connectivity index (χ0n) is 11.4. The van der Waals surface area contributed by atoms with Gasteiger partial charge in [0.15, 0.2) is 0 Å². The van der Waals surface area contributed by atoms with Crippen LogP contribution in [-0.2, 0) is 6.42 Å². The molecule has 2 aromatic rings. The number of ether oxygens (including phenoxy) is 1. The van der Waals surface area contributed by atoms with Gasteiger partial charge >= 0.3 is 0 Å². The van der Waals surface area contributed by atoms with Crippen LogP contribution < -0.4 is 10.1 Å². The molecule has 0 aliphatic carbocycles. The first kappa shape index (κ1) is 12.4. The number of hydrogen-bond donors (Lipinski definition) is 1. The lowest BCUT2D eigenvalue weighted by atomic mass is 9.93. The van der Waals surface area contributed by atoms with E-state index < -0.39 is 0 Å². The SMILES string of the molecule is COc1ccc2ccnc(CC3CCCNC3)c2c1. The van der Waals surface area contributed by atoms with Gasteiger partial charge in [-0.2, -0.15) is 0 Å². The number of benzene rings is 1. The Morgan fingerprint density at radius 2 is 2.32 bits per heavy atom. The number of aromatic nitrogens is 1. The second-order valence-electron chi connectivity index (χ2n) is 5.26. The molecule has 19 heavy (non-hydrogen) atoms. The van der Waals surface area contributed by atoms with E-state index in [0.717, 1.165) is 25.3 Å². The quantitative estimate of drug-likeness (QED) is 0.917. The molecule has 3 rings (SSSR count). The number of fused-ring (bicyclic) bond motifs is 1. The van der Waals surface area contributed by atoms with E-state index in [1.54, 1.807) is 7.11 Å². The molecule has 0 bridgehead atoms. The summed E-state index contributed by atoms with van der Waals surface area (Å²) in [5, 5.41) is 5.95. The van der Waals surface area contributed by atoms with E-state index in [2.05, 4.69) is 28.5 Å². The van der Waals surface area contributed by atoms with Gasteiger partial charge in [-0.15, -0.1) is 0 Å². The number of rotatable bonds is 3. The molecule has 100 valence electrons. The van der Waals surface area contributed by atoms with Crippen LogP contribution in [0.4, 0.5) is 0 Å². The molecule has 3 nitrogen and oxygen atoms in total. The predicted octanol–water partition coefficient (Wildman–Crippen LogP) is 2.79. The van der Waals surface area contributed by atoms with Crippen LogP contribution >= 0.6 is 0 Å². The Morgan fingerprint density at radius 3 is 3.11 bits per heavy atom. The number of piperidine rings is 1. The standard InChI is InChI=1S/C16H20N2O/c1-19-14-5-4-13-6-8-18-16(15(13)10-14)9-12-3-2-7-17-11-12/h4-6,8,10,12,17H,2-3,7,9,11H2,1H3. The van der Waals surface area contributed by atoms with Crippen LogP contribution in [0.25, 0.3) is 10.8 Å². The molecule has 1 aliphatic heterocycles. The summed E-state index contributed by atoms with van der Waals surface area (Å²) in [4.78, 5) is 4.59. The van der Waals surface area contributed by atoms with Crippen LogP contribution in [0, 0.1) is 5.92 Å². The highest BCUT2D eigenvalue weighted by molar-refractivity contribution is 5.85. The second-order valence-corrected chi connectivity index (χ2v) is 5.26. The Kier molecular flexibility index (Phi) is 3.65. The average molecular weight is 256 g/mol. The van der Waals surface area contributed by atoms with Gasteiger partial charge in [-0.05, 0) is 61.9 Å². The van der Waals surface area contributed by atoms with E-state index in [4.69, 9.17) is 4.74 Å². The maximum absolute atomic E-state index is 5.33. The highest BCUT2D eigenvalue weighted by atomic mass is 16.5. The molecule has 1 aliphatic rings. The topological polar surface area (TPSA) is 34.1 Å². The zero-order valence-corrected chi connectivity index (χ0v) is 11.4.